The van der Waals surface area contributed by atoms with E-state index in [0.29, 0.717) is 16.3 Å². The molecule has 0 radical (unpaired) electrons. The fourth-order valence-corrected chi connectivity index (χ4v) is 4.43. The van der Waals surface area contributed by atoms with Gasteiger partial charge in [-0.2, -0.15) is 0 Å². The molecule has 37 heavy (non-hydrogen) atoms. The molecule has 0 saturated heterocycles. The predicted octanol–water partition coefficient (Wildman–Crippen LogP) is 4.38. The Morgan fingerprint density at radius 2 is 1.89 bits per heavy atom. The Morgan fingerprint density at radius 1 is 1.19 bits per heavy atom. The van der Waals surface area contributed by atoms with Gasteiger partial charge < -0.3 is 23.9 Å². The number of carbonyl (C=O) groups is 1. The summed E-state index contributed by atoms with van der Waals surface area (Å²) >= 11 is 0. The van der Waals surface area contributed by atoms with Gasteiger partial charge >= 0.3 is 6.16 Å². The summed E-state index contributed by atoms with van der Waals surface area (Å²) in [7, 11) is -2.31. The van der Waals surface area contributed by atoms with Gasteiger partial charge in [0.1, 0.15) is 11.3 Å². The van der Waals surface area contributed by atoms with E-state index in [1.165, 1.54) is 29.9 Å². The number of rotatable bonds is 8. The van der Waals surface area contributed by atoms with Crippen molar-refractivity contribution in [2.45, 2.75) is 26.5 Å². The number of aromatic hydroxyl groups is 1. The number of fused-ring (bicyclic) bond motifs is 2. The van der Waals surface area contributed by atoms with Crippen LogP contribution in [0.1, 0.15) is 19.4 Å². The summed E-state index contributed by atoms with van der Waals surface area (Å²) in [6.45, 7) is 2.95. The molecule has 4 rings (SSSR count). The molecule has 0 aliphatic rings. The van der Waals surface area contributed by atoms with Crippen molar-refractivity contribution in [3.05, 3.63) is 60.2 Å². The van der Waals surface area contributed by atoms with E-state index in [4.69, 9.17) is 14.2 Å². The van der Waals surface area contributed by atoms with Crippen LogP contribution in [0.2, 0.25) is 0 Å². The second-order valence-corrected chi connectivity index (χ2v) is 10.6. The lowest BCUT2D eigenvalue weighted by Crippen LogP contribution is -2.25. The molecule has 4 aromatic rings. The third-order valence-corrected chi connectivity index (χ3v) is 6.78. The normalized spacial score (nSPS) is 11.7. The minimum absolute atomic E-state index is 0.0870. The predicted molar refractivity (Wildman–Crippen MR) is 136 cm³/mol. The molecule has 0 spiro atoms. The molecule has 2 aromatic heterocycles. The Hall–Kier alpha value is -4.06. The summed E-state index contributed by atoms with van der Waals surface area (Å²) in [6, 6.07) is 9.08. The van der Waals surface area contributed by atoms with Crippen molar-refractivity contribution in [1.29, 1.82) is 0 Å². The van der Waals surface area contributed by atoms with Crippen molar-refractivity contribution < 1.29 is 36.9 Å². The second kappa shape index (κ2) is 10.1. The van der Waals surface area contributed by atoms with Crippen molar-refractivity contribution in [3.8, 4) is 11.6 Å². The summed E-state index contributed by atoms with van der Waals surface area (Å²) in [5.74, 6) is -0.551. The van der Waals surface area contributed by atoms with E-state index in [1.807, 2.05) is 0 Å². The maximum absolute atomic E-state index is 13.4. The molecule has 12 heteroatoms. The highest BCUT2D eigenvalue weighted by Gasteiger charge is 2.27. The van der Waals surface area contributed by atoms with E-state index in [2.05, 4.69) is 4.98 Å². The van der Waals surface area contributed by atoms with Gasteiger partial charge in [-0.3, -0.25) is 9.29 Å². The summed E-state index contributed by atoms with van der Waals surface area (Å²) in [5.41, 5.74) is 1.22. The smallest absolute Gasteiger partial charge is 0.494 e. The lowest BCUT2D eigenvalue weighted by Gasteiger charge is -2.21. The average Bonchev–Trinajstić information content (AvgIpc) is 3.14. The quantitative estimate of drug-likeness (QED) is 0.263. The lowest BCUT2D eigenvalue weighted by molar-refractivity contribution is -0.00739. The minimum atomic E-state index is -3.71. The maximum atomic E-state index is 13.4. The first-order valence-electron chi connectivity index (χ1n) is 11.2. The van der Waals surface area contributed by atoms with Gasteiger partial charge in [0.05, 0.1) is 30.0 Å². The topological polar surface area (TPSA) is 120 Å². The number of halogens is 1. The molecule has 0 unspecified atom stereocenters. The van der Waals surface area contributed by atoms with Crippen LogP contribution >= 0.6 is 0 Å². The molecule has 2 heterocycles. The van der Waals surface area contributed by atoms with Gasteiger partial charge in [0.15, 0.2) is 5.75 Å². The van der Waals surface area contributed by atoms with Crippen LogP contribution in [0, 0.1) is 5.82 Å². The van der Waals surface area contributed by atoms with Crippen molar-refractivity contribution >= 4 is 43.5 Å². The molecule has 196 valence electrons. The zero-order valence-corrected chi connectivity index (χ0v) is 21.5. The minimum Gasteiger partial charge on any atom is -0.494 e. The van der Waals surface area contributed by atoms with Crippen molar-refractivity contribution in [1.82, 2.24) is 9.55 Å². The van der Waals surface area contributed by atoms with Gasteiger partial charge in [-0.05, 0) is 43.7 Å². The third-order valence-electron chi connectivity index (χ3n) is 5.60. The first kappa shape index (κ1) is 26.0. The van der Waals surface area contributed by atoms with Gasteiger partial charge in [-0.25, -0.2) is 17.6 Å². The number of hydrogen-bond acceptors (Lipinski definition) is 8. The number of hydrogen-bond donors (Lipinski definition) is 1. The van der Waals surface area contributed by atoms with Gasteiger partial charge in [-0.1, -0.05) is 12.1 Å². The van der Waals surface area contributed by atoms with Gasteiger partial charge in [0.25, 0.3) is 0 Å². The second-order valence-electron chi connectivity index (χ2n) is 8.63. The molecule has 0 atom stereocenters. The zero-order valence-electron chi connectivity index (χ0n) is 20.6. The first-order valence-corrected chi connectivity index (χ1v) is 13.1. The van der Waals surface area contributed by atoms with Crippen molar-refractivity contribution in [3.63, 3.8) is 0 Å². The van der Waals surface area contributed by atoms with Crippen molar-refractivity contribution in [2.24, 2.45) is 0 Å². The molecule has 1 N–H and O–H groups in total. The average molecular weight is 532 g/mol. The molecule has 0 aliphatic carbocycles. The van der Waals surface area contributed by atoms with Crippen molar-refractivity contribution in [2.75, 3.05) is 24.4 Å². The molecule has 0 amide bonds. The lowest BCUT2D eigenvalue weighted by atomic mass is 10.1. The highest BCUT2D eigenvalue weighted by Crippen LogP contribution is 2.47. The summed E-state index contributed by atoms with van der Waals surface area (Å²) in [5, 5.41) is 12.2. The van der Waals surface area contributed by atoms with Crippen LogP contribution in [0.15, 0.2) is 48.8 Å². The molecule has 0 aliphatic heterocycles. The summed E-state index contributed by atoms with van der Waals surface area (Å²) in [4.78, 5) is 16.2. The summed E-state index contributed by atoms with van der Waals surface area (Å²) in [6.07, 6.45) is 2.81. The Labute approximate surface area is 212 Å². The molecular weight excluding hydrogens is 505 g/mol. The van der Waals surface area contributed by atoms with E-state index in [0.717, 1.165) is 10.6 Å². The number of aromatic nitrogens is 2. The number of benzene rings is 2. The monoisotopic (exact) mass is 531 g/mol. The number of pyridine rings is 1. The van der Waals surface area contributed by atoms with Crippen LogP contribution in [-0.2, 0) is 26.0 Å². The van der Waals surface area contributed by atoms with E-state index < -0.39 is 34.9 Å². The Bertz CT molecular complexity index is 1570. The van der Waals surface area contributed by atoms with Crippen LogP contribution in [0.4, 0.5) is 14.9 Å². The van der Waals surface area contributed by atoms with E-state index in [9.17, 15) is 22.7 Å². The molecule has 2 aromatic carbocycles. The highest BCUT2D eigenvalue weighted by molar-refractivity contribution is 7.92. The van der Waals surface area contributed by atoms with Crippen LogP contribution in [0.5, 0.6) is 11.6 Å². The Morgan fingerprint density at radius 3 is 2.54 bits per heavy atom. The van der Waals surface area contributed by atoms with E-state index in [-0.39, 0.29) is 34.8 Å². The standard InChI is InChI=1S/C25H26FN3O7S/c1-15(2)36-25(31)35-14-34-23-20-19(13-29(24(20)30)12-16-7-9-17(26)10-8-16)22(28(3)37(4,32)33)18-6-5-11-27-21(18)23/h5-11,13,15,30H,12,14H2,1-4H3. The fourth-order valence-electron chi connectivity index (χ4n) is 3.91. The zero-order chi connectivity index (χ0) is 26.9. The maximum Gasteiger partial charge on any atom is 0.511 e. The summed E-state index contributed by atoms with van der Waals surface area (Å²) < 4.78 is 56.8. The largest absolute Gasteiger partial charge is 0.511 e. The number of anilines is 1. The molecule has 0 fully saturated rings. The molecule has 0 saturated carbocycles. The van der Waals surface area contributed by atoms with Gasteiger partial charge in [0, 0.05) is 30.2 Å². The molecular formula is C25H26FN3O7S. The molecule has 0 bridgehead atoms. The van der Waals surface area contributed by atoms with Crippen LogP contribution < -0.4 is 9.04 Å². The van der Waals surface area contributed by atoms with Crippen LogP contribution in [0.3, 0.4) is 0 Å². The van der Waals surface area contributed by atoms with E-state index in [1.54, 1.807) is 44.3 Å². The highest BCUT2D eigenvalue weighted by atomic mass is 32.2. The SMILES string of the molecule is CC(C)OC(=O)OCOc1c2ncccc2c(N(C)S(C)(=O)=O)c2cn(Cc3ccc(F)cc3)c(O)c12. The number of sulfonamides is 1. The Balaban J connectivity index is 1.91. The number of ether oxygens (including phenoxy) is 3. The van der Waals surface area contributed by atoms with Gasteiger partial charge in [-0.15, -0.1) is 0 Å². The van der Waals surface area contributed by atoms with E-state index >= 15 is 0 Å². The Kier molecular flexibility index (Phi) is 7.12. The third kappa shape index (κ3) is 5.38. The van der Waals surface area contributed by atoms with Crippen LogP contribution in [-0.4, -0.2) is 55.4 Å². The first-order chi connectivity index (χ1) is 17.5. The number of nitrogens with zero attached hydrogens (tertiary/aromatic N) is 3. The van der Waals surface area contributed by atoms with Gasteiger partial charge in [0.2, 0.25) is 22.7 Å². The van der Waals surface area contributed by atoms with Crippen LogP contribution in [0.25, 0.3) is 21.7 Å². The molecule has 10 nitrogen and oxygen atoms in total. The number of carbonyl (C=O) groups excluding carboxylic acids is 1. The fraction of sp³-hybridized carbons (Fsp3) is 0.280.